The number of carbonyl (C=O) groups is 2. The van der Waals surface area contributed by atoms with Gasteiger partial charge in [0, 0.05) is 11.1 Å². The molecule has 0 unspecified atom stereocenters. The molecule has 4 nitrogen and oxygen atoms in total. The van der Waals surface area contributed by atoms with Gasteiger partial charge in [0.05, 0.1) is 0 Å². The Kier molecular flexibility index (Phi) is 5.78. The van der Waals surface area contributed by atoms with Crippen LogP contribution in [0.15, 0.2) is 11.1 Å². The molecule has 0 aliphatic heterocycles. The van der Waals surface area contributed by atoms with Crippen molar-refractivity contribution in [1.82, 2.24) is 0 Å². The number of aliphatic carboxylic acids is 2. The van der Waals surface area contributed by atoms with Crippen LogP contribution < -0.4 is 0 Å². The maximum atomic E-state index is 11.0. The van der Waals surface area contributed by atoms with Gasteiger partial charge < -0.3 is 10.2 Å². The van der Waals surface area contributed by atoms with Crippen LogP contribution in [-0.4, -0.2) is 22.2 Å². The lowest BCUT2D eigenvalue weighted by Crippen LogP contribution is -2.16. The van der Waals surface area contributed by atoms with E-state index in [9.17, 15) is 9.59 Å². The lowest BCUT2D eigenvalue weighted by molar-refractivity contribution is -0.136. The number of carboxylic acids is 2. The smallest absolute Gasteiger partial charge is 0.332 e. The van der Waals surface area contributed by atoms with E-state index in [4.69, 9.17) is 10.2 Å². The summed E-state index contributed by atoms with van der Waals surface area (Å²) in [7, 11) is 0. The highest BCUT2D eigenvalue weighted by atomic mass is 16.4. The summed E-state index contributed by atoms with van der Waals surface area (Å²) in [5.41, 5.74) is 0.0596. The van der Waals surface area contributed by atoms with Gasteiger partial charge >= 0.3 is 11.9 Å². The van der Waals surface area contributed by atoms with Crippen LogP contribution in [0.2, 0.25) is 0 Å². The van der Waals surface area contributed by atoms with Crippen molar-refractivity contribution >= 4 is 11.9 Å². The first-order chi connectivity index (χ1) is 7.27. The number of hydrogen-bond donors (Lipinski definition) is 2. The van der Waals surface area contributed by atoms with E-state index in [1.54, 1.807) is 13.8 Å². The molecule has 0 saturated heterocycles. The Morgan fingerprint density at radius 3 is 1.75 bits per heavy atom. The fourth-order valence-corrected chi connectivity index (χ4v) is 1.51. The van der Waals surface area contributed by atoms with Crippen molar-refractivity contribution in [1.29, 1.82) is 0 Å². The van der Waals surface area contributed by atoms with E-state index in [0.717, 1.165) is 0 Å². The van der Waals surface area contributed by atoms with Crippen LogP contribution in [0.1, 0.15) is 40.5 Å². The predicted octanol–water partition coefficient (Wildman–Crippen LogP) is 2.54. The highest BCUT2D eigenvalue weighted by molar-refractivity contribution is 5.99. The fraction of sp³-hybridized carbons (Fsp3) is 0.667. The number of carboxylic acid groups (broad SMARTS) is 2. The van der Waals surface area contributed by atoms with E-state index in [1.165, 1.54) is 0 Å². The van der Waals surface area contributed by atoms with E-state index in [0.29, 0.717) is 18.8 Å². The van der Waals surface area contributed by atoms with Gasteiger partial charge in [-0.1, -0.05) is 27.7 Å². The number of rotatable bonds is 6. The summed E-state index contributed by atoms with van der Waals surface area (Å²) in [6.45, 7) is 7.36. The zero-order valence-electron chi connectivity index (χ0n) is 10.3. The van der Waals surface area contributed by atoms with E-state index in [1.807, 2.05) is 13.8 Å². The monoisotopic (exact) mass is 228 g/mol. The van der Waals surface area contributed by atoms with Crippen LogP contribution in [0.5, 0.6) is 0 Å². The quantitative estimate of drug-likeness (QED) is 0.685. The Bertz CT molecular complexity index is 300. The van der Waals surface area contributed by atoms with Crippen molar-refractivity contribution in [2.75, 3.05) is 0 Å². The summed E-state index contributed by atoms with van der Waals surface area (Å²) in [5, 5.41) is 18.0. The van der Waals surface area contributed by atoms with E-state index in [-0.39, 0.29) is 17.1 Å². The molecule has 0 bridgehead atoms. The zero-order chi connectivity index (χ0) is 12.9. The second-order valence-corrected chi connectivity index (χ2v) is 4.59. The first kappa shape index (κ1) is 14.7. The van der Waals surface area contributed by atoms with Crippen LogP contribution in [0.4, 0.5) is 0 Å². The average molecular weight is 228 g/mol. The lowest BCUT2D eigenvalue weighted by atomic mass is 9.92. The molecule has 0 amide bonds. The second kappa shape index (κ2) is 6.30. The maximum absolute atomic E-state index is 11.0. The van der Waals surface area contributed by atoms with Gasteiger partial charge in [-0.05, 0) is 24.7 Å². The normalized spacial score (nSPS) is 12.9. The van der Waals surface area contributed by atoms with Gasteiger partial charge in [-0.15, -0.1) is 0 Å². The van der Waals surface area contributed by atoms with Crippen molar-refractivity contribution in [2.24, 2.45) is 11.8 Å². The molecule has 4 heteroatoms. The summed E-state index contributed by atoms with van der Waals surface area (Å²) >= 11 is 0. The molecule has 0 aromatic rings. The fourth-order valence-electron chi connectivity index (χ4n) is 1.51. The highest BCUT2D eigenvalue weighted by Gasteiger charge is 2.22. The molecule has 0 radical (unpaired) electrons. The first-order valence-electron chi connectivity index (χ1n) is 5.47. The minimum absolute atomic E-state index is 0.0214. The standard InChI is InChI=1S/C12H20O4/c1-7(2)5-6-9(11(13)14)10(8(3)4)12(15)16/h7-8H,5-6H2,1-4H3,(H,13,14)(H,15,16)/b10-9+. The summed E-state index contributed by atoms with van der Waals surface area (Å²) < 4.78 is 0. The third-order valence-corrected chi connectivity index (χ3v) is 2.36. The molecule has 92 valence electrons. The molecule has 0 atom stereocenters. The van der Waals surface area contributed by atoms with Crippen molar-refractivity contribution in [3.05, 3.63) is 11.1 Å². The SMILES string of the molecule is CC(C)CC/C(C(=O)O)=C(\C(=O)O)C(C)C. The molecule has 0 saturated carbocycles. The van der Waals surface area contributed by atoms with E-state index < -0.39 is 11.9 Å². The lowest BCUT2D eigenvalue weighted by Gasteiger charge is -2.12. The Balaban J connectivity index is 5.16. The van der Waals surface area contributed by atoms with Crippen molar-refractivity contribution in [2.45, 2.75) is 40.5 Å². The number of hydrogen-bond acceptors (Lipinski definition) is 2. The van der Waals surface area contributed by atoms with Gasteiger partial charge in [-0.3, -0.25) is 0 Å². The Labute approximate surface area is 96.0 Å². The Morgan fingerprint density at radius 2 is 1.50 bits per heavy atom. The first-order valence-corrected chi connectivity index (χ1v) is 5.47. The third-order valence-electron chi connectivity index (χ3n) is 2.36. The Morgan fingerprint density at radius 1 is 1.00 bits per heavy atom. The van der Waals surface area contributed by atoms with Crippen molar-refractivity contribution in [3.63, 3.8) is 0 Å². The van der Waals surface area contributed by atoms with Gasteiger partial charge in [-0.25, -0.2) is 9.59 Å². The van der Waals surface area contributed by atoms with Crippen molar-refractivity contribution < 1.29 is 19.8 Å². The van der Waals surface area contributed by atoms with Gasteiger partial charge in [0.15, 0.2) is 0 Å². The Hall–Kier alpha value is -1.32. The highest BCUT2D eigenvalue weighted by Crippen LogP contribution is 2.21. The minimum Gasteiger partial charge on any atom is -0.478 e. The van der Waals surface area contributed by atoms with E-state index in [2.05, 4.69) is 0 Å². The molecule has 0 fully saturated rings. The molecule has 0 rings (SSSR count). The molecule has 0 spiro atoms. The van der Waals surface area contributed by atoms with Crippen LogP contribution in [-0.2, 0) is 9.59 Å². The van der Waals surface area contributed by atoms with Gasteiger partial charge in [0.2, 0.25) is 0 Å². The third kappa shape index (κ3) is 4.47. The summed E-state index contributed by atoms with van der Waals surface area (Å²) in [4.78, 5) is 22.1. The molecular formula is C12H20O4. The topological polar surface area (TPSA) is 74.6 Å². The van der Waals surface area contributed by atoms with Crippen LogP contribution in [0, 0.1) is 11.8 Å². The van der Waals surface area contributed by atoms with E-state index >= 15 is 0 Å². The van der Waals surface area contributed by atoms with Crippen LogP contribution >= 0.6 is 0 Å². The molecule has 2 N–H and O–H groups in total. The van der Waals surface area contributed by atoms with Crippen molar-refractivity contribution in [3.8, 4) is 0 Å². The summed E-state index contributed by atoms with van der Waals surface area (Å²) in [5.74, 6) is -2.17. The molecule has 0 heterocycles. The van der Waals surface area contributed by atoms with Gasteiger partial charge in [0.25, 0.3) is 0 Å². The summed E-state index contributed by atoms with van der Waals surface area (Å²) in [6, 6.07) is 0. The van der Waals surface area contributed by atoms with Crippen LogP contribution in [0.25, 0.3) is 0 Å². The molecule has 0 aromatic carbocycles. The van der Waals surface area contributed by atoms with Gasteiger partial charge in [0.1, 0.15) is 0 Å². The predicted molar refractivity (Wildman–Crippen MR) is 61.2 cm³/mol. The average Bonchev–Trinajstić information content (AvgIpc) is 2.09. The van der Waals surface area contributed by atoms with Crippen LogP contribution in [0.3, 0.4) is 0 Å². The molecule has 0 aliphatic carbocycles. The molecule has 16 heavy (non-hydrogen) atoms. The second-order valence-electron chi connectivity index (χ2n) is 4.59. The van der Waals surface area contributed by atoms with Gasteiger partial charge in [-0.2, -0.15) is 0 Å². The molecular weight excluding hydrogens is 208 g/mol. The maximum Gasteiger partial charge on any atom is 0.332 e. The zero-order valence-corrected chi connectivity index (χ0v) is 10.3. The minimum atomic E-state index is -1.13. The largest absolute Gasteiger partial charge is 0.478 e. The molecule has 0 aromatic heterocycles. The molecule has 0 aliphatic rings. The summed E-state index contributed by atoms with van der Waals surface area (Å²) in [6.07, 6.45) is 0.998.